The van der Waals surface area contributed by atoms with Crippen LogP contribution in [0.1, 0.15) is 37.2 Å². The molecule has 1 amide bonds. The molecule has 2 aromatic carbocycles. The number of carbonyl (C=O) groups is 1. The van der Waals surface area contributed by atoms with Crippen molar-refractivity contribution in [1.82, 2.24) is 14.9 Å². The topological polar surface area (TPSA) is 56.1 Å². The number of nitrogens with zero attached hydrogens (tertiary/aromatic N) is 2. The molecule has 0 aliphatic rings. The van der Waals surface area contributed by atoms with Crippen LogP contribution in [0, 0.1) is 0 Å². The van der Waals surface area contributed by atoms with Gasteiger partial charge in [0.25, 0.3) is 0 Å². The van der Waals surface area contributed by atoms with E-state index in [1.807, 2.05) is 43.3 Å². The first-order valence-corrected chi connectivity index (χ1v) is 9.46. The van der Waals surface area contributed by atoms with Crippen molar-refractivity contribution in [2.45, 2.75) is 38.8 Å². The third kappa shape index (κ3) is 4.95. The van der Waals surface area contributed by atoms with Gasteiger partial charge in [0.2, 0.25) is 5.91 Å². The molecule has 0 aliphatic carbocycles. The first kappa shape index (κ1) is 19.1. The summed E-state index contributed by atoms with van der Waals surface area (Å²) in [7, 11) is 1.69. The number of para-hydroxylation sites is 2. The fraction of sp³-hybridized carbons (Fsp3) is 0.364. The van der Waals surface area contributed by atoms with E-state index in [1.165, 1.54) is 5.56 Å². The van der Waals surface area contributed by atoms with Gasteiger partial charge in [0, 0.05) is 20.1 Å². The SMILES string of the molecule is COCCn1c([C@H](C)NC(=O)CCCc2ccccc2)nc2ccccc21. The zero-order valence-electron chi connectivity index (χ0n) is 16.0. The van der Waals surface area contributed by atoms with Crippen molar-refractivity contribution < 1.29 is 9.53 Å². The van der Waals surface area contributed by atoms with Crippen LogP contribution in [-0.2, 0) is 22.5 Å². The first-order chi connectivity index (χ1) is 13.2. The summed E-state index contributed by atoms with van der Waals surface area (Å²) >= 11 is 0. The summed E-state index contributed by atoms with van der Waals surface area (Å²) < 4.78 is 7.37. The average Bonchev–Trinajstić information content (AvgIpc) is 3.06. The number of aryl methyl sites for hydroxylation is 1. The third-order valence-corrected chi connectivity index (χ3v) is 4.68. The number of imidazole rings is 1. The summed E-state index contributed by atoms with van der Waals surface area (Å²) in [6.07, 6.45) is 2.26. The van der Waals surface area contributed by atoms with E-state index >= 15 is 0 Å². The monoisotopic (exact) mass is 365 g/mol. The molecule has 1 heterocycles. The molecule has 142 valence electrons. The number of hydrogen-bond donors (Lipinski definition) is 1. The van der Waals surface area contributed by atoms with E-state index < -0.39 is 0 Å². The molecule has 0 saturated carbocycles. The maximum atomic E-state index is 12.4. The van der Waals surface area contributed by atoms with Gasteiger partial charge in [0.1, 0.15) is 5.82 Å². The molecule has 5 heteroatoms. The van der Waals surface area contributed by atoms with Crippen LogP contribution in [0.4, 0.5) is 0 Å². The Bertz CT molecular complexity index is 874. The summed E-state index contributed by atoms with van der Waals surface area (Å²) in [5, 5.41) is 3.10. The van der Waals surface area contributed by atoms with E-state index in [-0.39, 0.29) is 11.9 Å². The molecule has 0 aliphatic heterocycles. The minimum Gasteiger partial charge on any atom is -0.383 e. The number of ether oxygens (including phenoxy) is 1. The normalized spacial score (nSPS) is 12.2. The lowest BCUT2D eigenvalue weighted by Crippen LogP contribution is -2.29. The van der Waals surface area contributed by atoms with Gasteiger partial charge in [-0.2, -0.15) is 0 Å². The number of rotatable bonds is 9. The fourth-order valence-electron chi connectivity index (χ4n) is 3.32. The number of carbonyl (C=O) groups excluding carboxylic acids is 1. The molecule has 0 unspecified atom stereocenters. The lowest BCUT2D eigenvalue weighted by molar-refractivity contribution is -0.121. The maximum Gasteiger partial charge on any atom is 0.220 e. The van der Waals surface area contributed by atoms with Crippen molar-refractivity contribution in [3.8, 4) is 0 Å². The second-order valence-corrected chi connectivity index (χ2v) is 6.73. The van der Waals surface area contributed by atoms with Crippen LogP contribution < -0.4 is 5.32 Å². The Morgan fingerprint density at radius 3 is 2.67 bits per heavy atom. The van der Waals surface area contributed by atoms with E-state index in [0.717, 1.165) is 29.7 Å². The van der Waals surface area contributed by atoms with E-state index in [4.69, 9.17) is 9.72 Å². The van der Waals surface area contributed by atoms with Crippen molar-refractivity contribution in [2.24, 2.45) is 0 Å². The zero-order chi connectivity index (χ0) is 19.1. The number of fused-ring (bicyclic) bond motifs is 1. The highest BCUT2D eigenvalue weighted by atomic mass is 16.5. The number of amides is 1. The quantitative estimate of drug-likeness (QED) is 0.626. The number of benzene rings is 2. The lowest BCUT2D eigenvalue weighted by Gasteiger charge is -2.16. The Hall–Kier alpha value is -2.66. The molecule has 1 aromatic heterocycles. The number of nitrogens with one attached hydrogen (secondary N) is 1. The Morgan fingerprint density at radius 1 is 1.15 bits per heavy atom. The Balaban J connectivity index is 1.62. The molecule has 0 spiro atoms. The van der Waals surface area contributed by atoms with Crippen molar-refractivity contribution in [3.05, 3.63) is 66.0 Å². The molecule has 1 atom stereocenters. The number of aromatic nitrogens is 2. The minimum atomic E-state index is -0.154. The van der Waals surface area contributed by atoms with Crippen LogP contribution >= 0.6 is 0 Å². The molecule has 0 saturated heterocycles. The van der Waals surface area contributed by atoms with E-state index in [0.29, 0.717) is 19.6 Å². The highest BCUT2D eigenvalue weighted by molar-refractivity contribution is 5.78. The average molecular weight is 365 g/mol. The number of hydrogen-bond acceptors (Lipinski definition) is 3. The van der Waals surface area contributed by atoms with Gasteiger partial charge in [-0.1, -0.05) is 42.5 Å². The highest BCUT2D eigenvalue weighted by Gasteiger charge is 2.18. The molecule has 5 nitrogen and oxygen atoms in total. The Morgan fingerprint density at radius 2 is 1.89 bits per heavy atom. The highest BCUT2D eigenvalue weighted by Crippen LogP contribution is 2.21. The molecule has 0 fully saturated rings. The van der Waals surface area contributed by atoms with Gasteiger partial charge in [0.15, 0.2) is 0 Å². The van der Waals surface area contributed by atoms with E-state index in [1.54, 1.807) is 7.11 Å². The van der Waals surface area contributed by atoms with Crippen molar-refractivity contribution >= 4 is 16.9 Å². The van der Waals surface area contributed by atoms with Crippen molar-refractivity contribution in [2.75, 3.05) is 13.7 Å². The second-order valence-electron chi connectivity index (χ2n) is 6.73. The summed E-state index contributed by atoms with van der Waals surface area (Å²) in [6, 6.07) is 18.1. The third-order valence-electron chi connectivity index (χ3n) is 4.68. The van der Waals surface area contributed by atoms with Crippen LogP contribution in [0.25, 0.3) is 11.0 Å². The number of methoxy groups -OCH3 is 1. The fourth-order valence-corrected chi connectivity index (χ4v) is 3.32. The zero-order valence-corrected chi connectivity index (χ0v) is 16.0. The standard InChI is InChI=1S/C22H27N3O2/c1-17(23-21(26)14-8-11-18-9-4-3-5-10-18)22-24-19-12-6-7-13-20(19)25(22)15-16-27-2/h3-7,9-10,12-13,17H,8,11,14-16H2,1-2H3,(H,23,26)/t17-/m0/s1. The van der Waals surface area contributed by atoms with Gasteiger partial charge in [-0.3, -0.25) is 4.79 Å². The molecule has 0 radical (unpaired) electrons. The van der Waals surface area contributed by atoms with Gasteiger partial charge in [-0.05, 0) is 37.5 Å². The largest absolute Gasteiger partial charge is 0.383 e. The van der Waals surface area contributed by atoms with Gasteiger partial charge in [-0.15, -0.1) is 0 Å². The second kappa shape index (κ2) is 9.33. The van der Waals surface area contributed by atoms with Crippen LogP contribution in [0.3, 0.4) is 0 Å². The van der Waals surface area contributed by atoms with E-state index in [9.17, 15) is 4.79 Å². The van der Waals surface area contributed by atoms with Crippen molar-refractivity contribution in [1.29, 1.82) is 0 Å². The molecular formula is C22H27N3O2. The smallest absolute Gasteiger partial charge is 0.220 e. The summed E-state index contributed by atoms with van der Waals surface area (Å²) in [4.78, 5) is 17.1. The summed E-state index contributed by atoms with van der Waals surface area (Å²) in [5.74, 6) is 0.924. The maximum absolute atomic E-state index is 12.4. The van der Waals surface area contributed by atoms with Crippen molar-refractivity contribution in [3.63, 3.8) is 0 Å². The molecule has 3 rings (SSSR count). The van der Waals surface area contributed by atoms with Gasteiger partial charge < -0.3 is 14.6 Å². The predicted molar refractivity (Wildman–Crippen MR) is 108 cm³/mol. The van der Waals surface area contributed by atoms with Gasteiger partial charge in [-0.25, -0.2) is 4.98 Å². The van der Waals surface area contributed by atoms with Gasteiger partial charge >= 0.3 is 0 Å². The molecule has 27 heavy (non-hydrogen) atoms. The van der Waals surface area contributed by atoms with Gasteiger partial charge in [0.05, 0.1) is 23.7 Å². The molecule has 0 bridgehead atoms. The van der Waals surface area contributed by atoms with E-state index in [2.05, 4.69) is 28.1 Å². The minimum absolute atomic E-state index is 0.0591. The summed E-state index contributed by atoms with van der Waals surface area (Å²) in [6.45, 7) is 3.30. The first-order valence-electron chi connectivity index (χ1n) is 9.46. The predicted octanol–water partition coefficient (Wildman–Crippen LogP) is 3.88. The molecular weight excluding hydrogens is 338 g/mol. The summed E-state index contributed by atoms with van der Waals surface area (Å²) in [5.41, 5.74) is 3.27. The van der Waals surface area contributed by atoms with Crippen LogP contribution in [0.2, 0.25) is 0 Å². The Kier molecular flexibility index (Phi) is 6.60. The van der Waals surface area contributed by atoms with Crippen LogP contribution in [0.5, 0.6) is 0 Å². The lowest BCUT2D eigenvalue weighted by atomic mass is 10.1. The van der Waals surface area contributed by atoms with Crippen LogP contribution in [-0.4, -0.2) is 29.2 Å². The molecule has 3 aromatic rings. The molecule has 1 N–H and O–H groups in total. The Labute approximate surface area is 160 Å². The van der Waals surface area contributed by atoms with Crippen LogP contribution in [0.15, 0.2) is 54.6 Å².